The van der Waals surface area contributed by atoms with Gasteiger partial charge < -0.3 is 18.9 Å². The molecule has 0 saturated heterocycles. The minimum atomic E-state index is -0.262. The highest BCUT2D eigenvalue weighted by Gasteiger charge is 2.31. The maximum absolute atomic E-state index is 11.8. The molecule has 32 heavy (non-hydrogen) atoms. The molecule has 1 fully saturated rings. The summed E-state index contributed by atoms with van der Waals surface area (Å²) in [4.78, 5) is 11.8. The average Bonchev–Trinajstić information content (AvgIpc) is 3.11. The molecule has 0 unspecified atom stereocenters. The van der Waals surface area contributed by atoms with E-state index in [4.69, 9.17) is 18.9 Å². The number of benzene rings is 2. The number of hydrogen-bond donors (Lipinski definition) is 0. The van der Waals surface area contributed by atoms with Crippen LogP contribution in [0, 0.1) is 18.3 Å². The standard InChI is InChI=1S/C27H34O5/c1-17-9-11-22(20-10-12-23-21(13-20)15-31-26(23)28)25(24(17)29-5)32-16-27(3,4)18(2)30-14-19-7-6-8-19/h9-13,18-19H,6-8,14-16H2,1-5H3/t18-/m1/s1. The maximum Gasteiger partial charge on any atom is 0.338 e. The summed E-state index contributed by atoms with van der Waals surface area (Å²) in [5, 5.41) is 0. The monoisotopic (exact) mass is 438 g/mol. The number of methoxy groups -OCH3 is 1. The first-order valence-corrected chi connectivity index (χ1v) is 11.5. The van der Waals surface area contributed by atoms with Crippen LogP contribution < -0.4 is 9.47 Å². The Hall–Kier alpha value is -2.53. The molecule has 1 atom stereocenters. The Labute approximate surface area is 191 Å². The van der Waals surface area contributed by atoms with Crippen LogP contribution in [-0.4, -0.2) is 32.4 Å². The Kier molecular flexibility index (Phi) is 6.47. The van der Waals surface area contributed by atoms with E-state index in [1.54, 1.807) is 7.11 Å². The van der Waals surface area contributed by atoms with Gasteiger partial charge in [-0.15, -0.1) is 0 Å². The minimum absolute atomic E-state index is 0.0745. The number of ether oxygens (including phenoxy) is 4. The van der Waals surface area contributed by atoms with Crippen molar-refractivity contribution in [3.63, 3.8) is 0 Å². The fourth-order valence-electron chi connectivity index (χ4n) is 4.13. The first kappa shape index (κ1) is 22.7. The van der Waals surface area contributed by atoms with Gasteiger partial charge in [0.1, 0.15) is 6.61 Å². The predicted octanol–water partition coefficient (Wildman–Crippen LogP) is 5.95. The Morgan fingerprint density at radius 2 is 1.88 bits per heavy atom. The fraction of sp³-hybridized carbons (Fsp3) is 0.519. The van der Waals surface area contributed by atoms with Crippen molar-refractivity contribution in [2.45, 2.75) is 59.7 Å². The summed E-state index contributed by atoms with van der Waals surface area (Å²) >= 11 is 0. The molecule has 5 nitrogen and oxygen atoms in total. The zero-order chi connectivity index (χ0) is 22.9. The van der Waals surface area contributed by atoms with Gasteiger partial charge in [-0.05, 0) is 55.9 Å². The van der Waals surface area contributed by atoms with Crippen molar-refractivity contribution in [1.82, 2.24) is 0 Å². The second-order valence-corrected chi connectivity index (χ2v) is 9.79. The van der Waals surface area contributed by atoms with Crippen molar-refractivity contribution in [1.29, 1.82) is 0 Å². The molecule has 5 heteroatoms. The van der Waals surface area contributed by atoms with Crippen LogP contribution in [0.25, 0.3) is 11.1 Å². The number of carbonyl (C=O) groups is 1. The highest BCUT2D eigenvalue weighted by molar-refractivity contribution is 5.94. The van der Waals surface area contributed by atoms with Crippen LogP contribution in [0.3, 0.4) is 0 Å². The van der Waals surface area contributed by atoms with E-state index in [0.717, 1.165) is 40.4 Å². The SMILES string of the molecule is COc1c(C)ccc(-c2ccc3c(c2)COC3=O)c1OCC(C)(C)[C@@H](C)OCC1CCC1. The van der Waals surface area contributed by atoms with E-state index >= 15 is 0 Å². The predicted molar refractivity (Wildman–Crippen MR) is 124 cm³/mol. The van der Waals surface area contributed by atoms with Crippen LogP contribution >= 0.6 is 0 Å². The van der Waals surface area contributed by atoms with Crippen molar-refractivity contribution in [2.24, 2.45) is 11.3 Å². The quantitative estimate of drug-likeness (QED) is 0.453. The van der Waals surface area contributed by atoms with Gasteiger partial charge in [0.15, 0.2) is 11.5 Å². The second-order valence-electron chi connectivity index (χ2n) is 9.79. The molecule has 1 aliphatic carbocycles. The van der Waals surface area contributed by atoms with Gasteiger partial charge in [0.05, 0.1) is 25.4 Å². The van der Waals surface area contributed by atoms with Crippen LogP contribution in [0.1, 0.15) is 61.5 Å². The van der Waals surface area contributed by atoms with Gasteiger partial charge in [-0.1, -0.05) is 38.5 Å². The molecule has 0 aromatic heterocycles. The van der Waals surface area contributed by atoms with Gasteiger partial charge in [-0.25, -0.2) is 4.79 Å². The molecule has 0 radical (unpaired) electrons. The molecule has 1 aliphatic heterocycles. The van der Waals surface area contributed by atoms with Gasteiger partial charge in [0, 0.05) is 23.1 Å². The van der Waals surface area contributed by atoms with Crippen LogP contribution in [0.4, 0.5) is 0 Å². The molecule has 4 rings (SSSR count). The molecule has 0 spiro atoms. The highest BCUT2D eigenvalue weighted by Crippen LogP contribution is 2.42. The zero-order valence-corrected chi connectivity index (χ0v) is 19.8. The molecule has 2 aromatic rings. The van der Waals surface area contributed by atoms with E-state index in [1.165, 1.54) is 19.3 Å². The summed E-state index contributed by atoms with van der Waals surface area (Å²) in [6.45, 7) is 10.1. The average molecular weight is 439 g/mol. The van der Waals surface area contributed by atoms with Crippen molar-refractivity contribution < 1.29 is 23.7 Å². The number of cyclic esters (lactones) is 1. The minimum Gasteiger partial charge on any atom is -0.493 e. The summed E-state index contributed by atoms with van der Waals surface area (Å²) in [6, 6.07) is 9.86. The van der Waals surface area contributed by atoms with E-state index in [-0.39, 0.29) is 17.5 Å². The van der Waals surface area contributed by atoms with E-state index in [9.17, 15) is 4.79 Å². The van der Waals surface area contributed by atoms with E-state index in [2.05, 4.69) is 26.8 Å². The zero-order valence-electron chi connectivity index (χ0n) is 19.8. The summed E-state index contributed by atoms with van der Waals surface area (Å²) < 4.78 is 23.6. The van der Waals surface area contributed by atoms with Crippen molar-refractivity contribution in [3.05, 3.63) is 47.0 Å². The van der Waals surface area contributed by atoms with Gasteiger partial charge in [-0.2, -0.15) is 0 Å². The number of rotatable bonds is 9. The van der Waals surface area contributed by atoms with E-state index < -0.39 is 0 Å². The maximum atomic E-state index is 11.8. The third kappa shape index (κ3) is 4.49. The van der Waals surface area contributed by atoms with Gasteiger partial charge >= 0.3 is 5.97 Å². The highest BCUT2D eigenvalue weighted by atomic mass is 16.5. The summed E-state index contributed by atoms with van der Waals surface area (Å²) in [7, 11) is 1.67. The fourth-order valence-corrected chi connectivity index (χ4v) is 4.13. The summed E-state index contributed by atoms with van der Waals surface area (Å²) in [5.41, 5.74) is 4.28. The van der Waals surface area contributed by atoms with Gasteiger partial charge in [0.2, 0.25) is 0 Å². The van der Waals surface area contributed by atoms with Crippen LogP contribution in [0.15, 0.2) is 30.3 Å². The van der Waals surface area contributed by atoms with Crippen LogP contribution in [0.5, 0.6) is 11.5 Å². The molecule has 0 amide bonds. The molecular weight excluding hydrogens is 404 g/mol. The molecular formula is C27H34O5. The van der Waals surface area contributed by atoms with Crippen molar-refractivity contribution >= 4 is 5.97 Å². The Morgan fingerprint density at radius 1 is 1.12 bits per heavy atom. The third-order valence-electron chi connectivity index (χ3n) is 7.00. The lowest BCUT2D eigenvalue weighted by atomic mass is 9.85. The first-order chi connectivity index (χ1) is 15.3. The Balaban J connectivity index is 1.57. The van der Waals surface area contributed by atoms with Gasteiger partial charge in [-0.3, -0.25) is 0 Å². The van der Waals surface area contributed by atoms with Gasteiger partial charge in [0.25, 0.3) is 0 Å². The number of carbonyl (C=O) groups excluding carboxylic acids is 1. The molecule has 2 aromatic carbocycles. The van der Waals surface area contributed by atoms with Crippen LogP contribution in [0.2, 0.25) is 0 Å². The van der Waals surface area contributed by atoms with E-state index in [0.29, 0.717) is 24.7 Å². The topological polar surface area (TPSA) is 54.0 Å². The van der Waals surface area contributed by atoms with Crippen LogP contribution in [-0.2, 0) is 16.1 Å². The molecule has 2 aliphatic rings. The number of aryl methyl sites for hydroxylation is 1. The third-order valence-corrected chi connectivity index (χ3v) is 7.00. The number of hydrogen-bond acceptors (Lipinski definition) is 5. The normalized spacial score (nSPS) is 16.8. The number of fused-ring (bicyclic) bond motifs is 1. The molecule has 1 saturated carbocycles. The summed E-state index contributed by atoms with van der Waals surface area (Å²) in [6.07, 6.45) is 3.97. The first-order valence-electron chi connectivity index (χ1n) is 11.5. The van der Waals surface area contributed by atoms with Crippen molar-refractivity contribution in [2.75, 3.05) is 20.3 Å². The Morgan fingerprint density at radius 3 is 2.56 bits per heavy atom. The number of esters is 1. The largest absolute Gasteiger partial charge is 0.493 e. The van der Waals surface area contributed by atoms with Crippen molar-refractivity contribution in [3.8, 4) is 22.6 Å². The molecule has 0 N–H and O–H groups in total. The second kappa shape index (κ2) is 9.14. The molecule has 0 bridgehead atoms. The molecule has 172 valence electrons. The lowest BCUT2D eigenvalue weighted by molar-refractivity contribution is -0.0549. The molecule has 1 heterocycles. The lowest BCUT2D eigenvalue weighted by Gasteiger charge is -2.34. The van der Waals surface area contributed by atoms with E-state index in [1.807, 2.05) is 31.2 Å². The lowest BCUT2D eigenvalue weighted by Crippen LogP contribution is -2.36. The Bertz CT molecular complexity index is 990. The smallest absolute Gasteiger partial charge is 0.338 e. The summed E-state index contributed by atoms with van der Waals surface area (Å²) in [5.74, 6) is 1.90.